The number of carbonyl (C=O) groups is 1. The molecule has 1 amide bonds. The van der Waals surface area contributed by atoms with E-state index in [9.17, 15) is 27.2 Å². The van der Waals surface area contributed by atoms with Crippen molar-refractivity contribution in [3.8, 4) is 0 Å². The van der Waals surface area contributed by atoms with Gasteiger partial charge in [-0.3, -0.25) is 18.7 Å². The number of pyridine rings is 1. The summed E-state index contributed by atoms with van der Waals surface area (Å²) in [6.07, 6.45) is 5.77. The van der Waals surface area contributed by atoms with Crippen LogP contribution in [0.1, 0.15) is 66.5 Å². The molecule has 0 unspecified atom stereocenters. The summed E-state index contributed by atoms with van der Waals surface area (Å²) in [5.74, 6) is 0.599. The predicted molar refractivity (Wildman–Crippen MR) is 150 cm³/mol. The van der Waals surface area contributed by atoms with Crippen LogP contribution < -0.4 is 16.6 Å². The monoisotopic (exact) mass is 574 g/mol. The molecule has 3 heterocycles. The molecule has 0 bridgehead atoms. The smallest absolute Gasteiger partial charge is 0.333 e. The van der Waals surface area contributed by atoms with Crippen LogP contribution in [0.2, 0.25) is 0 Å². The van der Waals surface area contributed by atoms with E-state index < -0.39 is 26.9 Å². The number of thioether (sulfide) groups is 1. The van der Waals surface area contributed by atoms with E-state index >= 15 is 0 Å². The van der Waals surface area contributed by atoms with Crippen molar-refractivity contribution in [1.82, 2.24) is 19.4 Å². The number of amides is 1. The lowest BCUT2D eigenvalue weighted by Gasteiger charge is -2.31. The van der Waals surface area contributed by atoms with Gasteiger partial charge in [-0.25, -0.2) is 22.6 Å². The lowest BCUT2D eigenvalue weighted by atomic mass is 9.90. The van der Waals surface area contributed by atoms with E-state index in [0.717, 1.165) is 42.9 Å². The number of carbonyl (C=O) groups excluding carboxylic acids is 1. The van der Waals surface area contributed by atoms with Crippen LogP contribution >= 0.6 is 11.8 Å². The van der Waals surface area contributed by atoms with Gasteiger partial charge in [0.1, 0.15) is 11.5 Å². The molecule has 0 atom stereocenters. The second-order valence-corrected chi connectivity index (χ2v) is 13.8. The molecule has 3 aromatic rings. The average molecular weight is 575 g/mol. The lowest BCUT2D eigenvalue weighted by molar-refractivity contribution is 0.0921. The Hall–Kier alpha value is -2.99. The molecule has 1 aromatic carbocycles. The summed E-state index contributed by atoms with van der Waals surface area (Å²) >= 11 is 1.82. The first-order valence-corrected chi connectivity index (χ1v) is 16.3. The summed E-state index contributed by atoms with van der Waals surface area (Å²) in [7, 11) is -3.32. The fraction of sp³-hybridized carbons (Fsp3) is 0.481. The highest BCUT2D eigenvalue weighted by molar-refractivity contribution is 7.99. The highest BCUT2D eigenvalue weighted by Gasteiger charge is 2.30. The van der Waals surface area contributed by atoms with Crippen molar-refractivity contribution >= 4 is 38.5 Å². The Morgan fingerprint density at radius 3 is 2.41 bits per heavy atom. The molecule has 1 aliphatic heterocycles. The summed E-state index contributed by atoms with van der Waals surface area (Å²) in [5.41, 5.74) is 0.0415. The predicted octanol–water partition coefficient (Wildman–Crippen LogP) is 3.22. The topological polar surface area (TPSA) is 120 Å². The molecular weight excluding hydrogens is 543 g/mol. The molecule has 5 rings (SSSR count). The number of sulfone groups is 1. The molecule has 1 saturated carbocycles. The zero-order valence-electron chi connectivity index (χ0n) is 21.6. The normalized spacial score (nSPS) is 20.7. The Bertz CT molecular complexity index is 1620. The molecule has 0 radical (unpaired) electrons. The van der Waals surface area contributed by atoms with Gasteiger partial charge in [0.05, 0.1) is 17.3 Å². The number of fused-ring (bicyclic) bond motifs is 1. The SMILES string of the molecule is CS(=O)(=O)Cc1ccccc1C(=O)N[C@H]1CC[C@@H](n2c(=O)c3cc(F)cnc3n(C3CCSCC3)c2=O)CC1. The summed E-state index contributed by atoms with van der Waals surface area (Å²) < 4.78 is 40.6. The van der Waals surface area contributed by atoms with E-state index in [2.05, 4.69) is 10.3 Å². The van der Waals surface area contributed by atoms with Gasteiger partial charge in [-0.15, -0.1) is 0 Å². The minimum absolute atomic E-state index is 0.103. The summed E-state index contributed by atoms with van der Waals surface area (Å²) in [5, 5.41) is 3.10. The number of hydrogen-bond acceptors (Lipinski definition) is 7. The van der Waals surface area contributed by atoms with Gasteiger partial charge >= 0.3 is 5.69 Å². The van der Waals surface area contributed by atoms with Crippen molar-refractivity contribution in [2.75, 3.05) is 17.8 Å². The van der Waals surface area contributed by atoms with Gasteiger partial charge in [-0.2, -0.15) is 11.8 Å². The summed E-state index contributed by atoms with van der Waals surface area (Å²) in [6.45, 7) is 0. The van der Waals surface area contributed by atoms with Crippen molar-refractivity contribution < 1.29 is 17.6 Å². The third-order valence-corrected chi connectivity index (χ3v) is 9.44. The van der Waals surface area contributed by atoms with Crippen LogP contribution in [0.5, 0.6) is 0 Å². The Balaban J connectivity index is 1.38. The van der Waals surface area contributed by atoms with Crippen molar-refractivity contribution in [1.29, 1.82) is 0 Å². The Morgan fingerprint density at radius 1 is 1.05 bits per heavy atom. The number of benzene rings is 1. The maximum absolute atomic E-state index is 14.1. The average Bonchev–Trinajstić information content (AvgIpc) is 2.90. The van der Waals surface area contributed by atoms with E-state index in [1.165, 1.54) is 4.57 Å². The third-order valence-electron chi connectivity index (χ3n) is 7.56. The van der Waals surface area contributed by atoms with Crippen molar-refractivity contribution in [2.45, 2.75) is 62.4 Å². The third kappa shape index (κ3) is 5.96. The largest absolute Gasteiger partial charge is 0.349 e. The maximum Gasteiger partial charge on any atom is 0.333 e. The van der Waals surface area contributed by atoms with E-state index in [4.69, 9.17) is 0 Å². The first-order chi connectivity index (χ1) is 18.6. The van der Waals surface area contributed by atoms with Gasteiger partial charge in [-0.05, 0) is 67.7 Å². The van der Waals surface area contributed by atoms with Crippen molar-refractivity contribution in [3.05, 3.63) is 74.3 Å². The number of nitrogens with zero attached hydrogens (tertiary/aromatic N) is 3. The summed E-state index contributed by atoms with van der Waals surface area (Å²) in [4.78, 5) is 44.4. The van der Waals surface area contributed by atoms with Crippen LogP contribution in [-0.4, -0.2) is 52.2 Å². The quantitative estimate of drug-likeness (QED) is 0.480. The molecular formula is C27H31FN4O5S2. The Labute approximate surface area is 229 Å². The van der Waals surface area contributed by atoms with E-state index in [0.29, 0.717) is 36.8 Å². The standard InChI is InChI=1S/C27H31FN4O5S2/c1-39(36,37)16-17-4-2-3-5-22(17)25(33)30-19-6-8-20(9-7-19)32-26(34)23-14-18(28)15-29-24(23)31(27(32)35)21-10-12-38-13-11-21/h2-5,14-15,19-21H,6-13,16H2,1H3,(H,30,33)/t19-,20+. The number of rotatable bonds is 6. The first kappa shape index (κ1) is 27.6. The number of nitrogens with one attached hydrogen (secondary N) is 1. The maximum atomic E-state index is 14.1. The fourth-order valence-corrected chi connectivity index (χ4v) is 7.59. The van der Waals surface area contributed by atoms with E-state index in [-0.39, 0.29) is 40.8 Å². The molecule has 12 heteroatoms. The molecule has 2 aromatic heterocycles. The first-order valence-electron chi connectivity index (χ1n) is 13.1. The fourth-order valence-electron chi connectivity index (χ4n) is 5.69. The molecule has 0 spiro atoms. The van der Waals surface area contributed by atoms with Gasteiger partial charge in [0.15, 0.2) is 9.84 Å². The van der Waals surface area contributed by atoms with E-state index in [1.54, 1.807) is 28.8 Å². The van der Waals surface area contributed by atoms with Crippen LogP contribution in [0.25, 0.3) is 11.0 Å². The number of hydrogen-bond donors (Lipinski definition) is 1. The molecule has 2 aliphatic rings. The van der Waals surface area contributed by atoms with Gasteiger partial charge in [0.2, 0.25) is 0 Å². The zero-order valence-corrected chi connectivity index (χ0v) is 23.3. The second-order valence-electron chi connectivity index (χ2n) is 10.4. The van der Waals surface area contributed by atoms with Crippen LogP contribution in [-0.2, 0) is 15.6 Å². The van der Waals surface area contributed by atoms with Crippen molar-refractivity contribution in [2.24, 2.45) is 0 Å². The van der Waals surface area contributed by atoms with Crippen LogP contribution in [0.4, 0.5) is 4.39 Å². The van der Waals surface area contributed by atoms with E-state index in [1.807, 2.05) is 11.8 Å². The Morgan fingerprint density at radius 2 is 1.72 bits per heavy atom. The molecule has 9 nitrogen and oxygen atoms in total. The molecule has 1 N–H and O–H groups in total. The number of halogens is 1. The zero-order chi connectivity index (χ0) is 27.7. The van der Waals surface area contributed by atoms with Crippen LogP contribution in [0, 0.1) is 5.82 Å². The molecule has 39 heavy (non-hydrogen) atoms. The summed E-state index contributed by atoms with van der Waals surface area (Å²) in [6, 6.07) is 7.12. The highest BCUT2D eigenvalue weighted by atomic mass is 32.2. The minimum Gasteiger partial charge on any atom is -0.349 e. The van der Waals surface area contributed by atoms with Gasteiger partial charge < -0.3 is 5.32 Å². The van der Waals surface area contributed by atoms with Gasteiger partial charge in [0.25, 0.3) is 11.5 Å². The second kappa shape index (κ2) is 11.2. The van der Waals surface area contributed by atoms with Crippen LogP contribution in [0.15, 0.2) is 46.1 Å². The number of aromatic nitrogens is 3. The highest BCUT2D eigenvalue weighted by Crippen LogP contribution is 2.30. The molecule has 1 saturated heterocycles. The molecule has 208 valence electrons. The lowest BCUT2D eigenvalue weighted by Crippen LogP contribution is -2.46. The van der Waals surface area contributed by atoms with Gasteiger partial charge in [0, 0.05) is 29.9 Å². The molecule has 2 fully saturated rings. The van der Waals surface area contributed by atoms with Crippen molar-refractivity contribution in [3.63, 3.8) is 0 Å². The van der Waals surface area contributed by atoms with Crippen LogP contribution in [0.3, 0.4) is 0 Å². The van der Waals surface area contributed by atoms with Gasteiger partial charge in [-0.1, -0.05) is 18.2 Å². The molecule has 1 aliphatic carbocycles. The minimum atomic E-state index is -3.32. The Kier molecular flexibility index (Phi) is 7.95.